The number of hydrogen-bond acceptors (Lipinski definition) is 3. The second kappa shape index (κ2) is 5.87. The molecular weight excluding hydrogens is 332 g/mol. The summed E-state index contributed by atoms with van der Waals surface area (Å²) in [7, 11) is 1.92. The van der Waals surface area contributed by atoms with Crippen molar-refractivity contribution in [3.63, 3.8) is 0 Å². The summed E-state index contributed by atoms with van der Waals surface area (Å²) in [6, 6.07) is 14.1. The van der Waals surface area contributed by atoms with Crippen molar-refractivity contribution in [3.05, 3.63) is 58.1 Å². The maximum atomic E-state index is 11.4. The van der Waals surface area contributed by atoms with E-state index < -0.39 is 0 Å². The van der Waals surface area contributed by atoms with E-state index in [-0.39, 0.29) is 18.6 Å². The van der Waals surface area contributed by atoms with Crippen molar-refractivity contribution < 1.29 is 9.53 Å². The van der Waals surface area contributed by atoms with Gasteiger partial charge in [-0.25, -0.2) is 0 Å². The largest absolute Gasteiger partial charge is 0.482 e. The van der Waals surface area contributed by atoms with Crippen LogP contribution in [0.15, 0.2) is 46.9 Å². The molecule has 21 heavy (non-hydrogen) atoms. The molecule has 0 aromatic heterocycles. The highest BCUT2D eigenvalue weighted by Gasteiger charge is 2.19. The third-order valence-corrected chi connectivity index (χ3v) is 3.93. The fourth-order valence-electron chi connectivity index (χ4n) is 2.49. The third-order valence-electron chi connectivity index (χ3n) is 3.44. The van der Waals surface area contributed by atoms with Gasteiger partial charge in [-0.2, -0.15) is 0 Å². The van der Waals surface area contributed by atoms with E-state index in [2.05, 4.69) is 38.7 Å². The zero-order valence-electron chi connectivity index (χ0n) is 11.5. The van der Waals surface area contributed by atoms with E-state index in [1.165, 1.54) is 0 Å². The average Bonchev–Trinajstić information content (AvgIpc) is 2.48. The molecule has 1 aliphatic heterocycles. The molecule has 3 rings (SSSR count). The van der Waals surface area contributed by atoms with Gasteiger partial charge in [0.25, 0.3) is 5.91 Å². The van der Waals surface area contributed by atoms with Crippen molar-refractivity contribution in [2.45, 2.75) is 6.04 Å². The smallest absolute Gasteiger partial charge is 0.262 e. The lowest BCUT2D eigenvalue weighted by molar-refractivity contribution is -0.118. The fourth-order valence-corrected chi connectivity index (χ4v) is 2.91. The third kappa shape index (κ3) is 2.94. The normalized spacial score (nSPS) is 14.9. The Bertz CT molecular complexity index is 688. The lowest BCUT2D eigenvalue weighted by Gasteiger charge is -2.22. The summed E-state index contributed by atoms with van der Waals surface area (Å²) in [6.45, 7) is 0.0768. The van der Waals surface area contributed by atoms with Crippen molar-refractivity contribution in [1.82, 2.24) is 5.32 Å². The summed E-state index contributed by atoms with van der Waals surface area (Å²) in [5, 5.41) is 6.15. The van der Waals surface area contributed by atoms with E-state index in [0.717, 1.165) is 21.3 Å². The van der Waals surface area contributed by atoms with E-state index in [9.17, 15) is 4.79 Å². The van der Waals surface area contributed by atoms with Gasteiger partial charge in [-0.1, -0.05) is 34.1 Å². The topological polar surface area (TPSA) is 50.4 Å². The molecule has 2 aromatic rings. The van der Waals surface area contributed by atoms with Crippen LogP contribution in [-0.4, -0.2) is 19.6 Å². The van der Waals surface area contributed by atoms with E-state index in [0.29, 0.717) is 5.75 Å². The SMILES string of the molecule is CNC(c1cccc(Br)c1)c1ccc2c(c1)NC(=O)CO2. The zero-order valence-corrected chi connectivity index (χ0v) is 13.1. The van der Waals surface area contributed by atoms with Gasteiger partial charge in [0, 0.05) is 4.47 Å². The highest BCUT2D eigenvalue weighted by molar-refractivity contribution is 9.10. The number of rotatable bonds is 3. The van der Waals surface area contributed by atoms with E-state index in [1.54, 1.807) is 0 Å². The number of fused-ring (bicyclic) bond motifs is 1. The van der Waals surface area contributed by atoms with Crippen molar-refractivity contribution >= 4 is 27.5 Å². The minimum absolute atomic E-state index is 0.0478. The second-order valence-corrected chi connectivity index (χ2v) is 5.78. The average molecular weight is 347 g/mol. The van der Waals surface area contributed by atoms with Gasteiger partial charge in [-0.3, -0.25) is 4.79 Å². The summed E-state index contributed by atoms with van der Waals surface area (Å²) in [4.78, 5) is 11.4. The molecule has 0 fully saturated rings. The first-order valence-corrected chi connectivity index (χ1v) is 7.46. The Morgan fingerprint density at radius 1 is 1.24 bits per heavy atom. The van der Waals surface area contributed by atoms with Gasteiger partial charge >= 0.3 is 0 Å². The number of halogens is 1. The first-order chi connectivity index (χ1) is 10.2. The molecule has 1 unspecified atom stereocenters. The first kappa shape index (κ1) is 14.1. The summed E-state index contributed by atoms with van der Waals surface area (Å²) < 4.78 is 6.43. The van der Waals surface area contributed by atoms with Gasteiger partial charge in [0.05, 0.1) is 11.7 Å². The van der Waals surface area contributed by atoms with Gasteiger partial charge < -0.3 is 15.4 Å². The van der Waals surface area contributed by atoms with Crippen LogP contribution in [-0.2, 0) is 4.79 Å². The standard InChI is InChI=1S/C16H15BrN2O2/c1-18-16(10-3-2-4-12(17)7-10)11-5-6-14-13(8-11)19-15(20)9-21-14/h2-8,16,18H,9H2,1H3,(H,19,20). The van der Waals surface area contributed by atoms with Crippen LogP contribution in [0.1, 0.15) is 17.2 Å². The Morgan fingerprint density at radius 3 is 2.81 bits per heavy atom. The summed E-state index contributed by atoms with van der Waals surface area (Å²) in [6.07, 6.45) is 0. The molecule has 4 nitrogen and oxygen atoms in total. The molecule has 2 N–H and O–H groups in total. The Hall–Kier alpha value is -1.85. The van der Waals surface area contributed by atoms with Crippen LogP contribution in [0.3, 0.4) is 0 Å². The van der Waals surface area contributed by atoms with Crippen molar-refractivity contribution in [2.75, 3.05) is 19.0 Å². The van der Waals surface area contributed by atoms with Gasteiger partial charge in [0.15, 0.2) is 6.61 Å². The molecule has 0 radical (unpaired) electrons. The fraction of sp³-hybridized carbons (Fsp3) is 0.188. The van der Waals surface area contributed by atoms with Gasteiger partial charge in [-0.05, 0) is 42.4 Å². The Kier molecular flexibility index (Phi) is 3.94. The minimum atomic E-state index is -0.122. The van der Waals surface area contributed by atoms with Gasteiger partial charge in [-0.15, -0.1) is 0 Å². The maximum Gasteiger partial charge on any atom is 0.262 e. The molecule has 5 heteroatoms. The van der Waals surface area contributed by atoms with E-state index in [1.807, 2.05) is 37.4 Å². The predicted octanol–water partition coefficient (Wildman–Crippen LogP) is 3.09. The molecule has 0 bridgehead atoms. The lowest BCUT2D eigenvalue weighted by Crippen LogP contribution is -2.26. The molecule has 0 saturated heterocycles. The lowest BCUT2D eigenvalue weighted by atomic mass is 9.98. The molecule has 1 atom stereocenters. The Morgan fingerprint density at radius 2 is 2.05 bits per heavy atom. The van der Waals surface area contributed by atoms with Crippen LogP contribution in [0.2, 0.25) is 0 Å². The number of nitrogens with one attached hydrogen (secondary N) is 2. The Balaban J connectivity index is 1.98. The molecule has 2 aromatic carbocycles. The van der Waals surface area contributed by atoms with Gasteiger partial charge in [0.2, 0.25) is 0 Å². The van der Waals surface area contributed by atoms with Crippen LogP contribution >= 0.6 is 15.9 Å². The van der Waals surface area contributed by atoms with Crippen LogP contribution in [0, 0.1) is 0 Å². The molecule has 0 aliphatic carbocycles. The van der Waals surface area contributed by atoms with E-state index >= 15 is 0 Å². The van der Waals surface area contributed by atoms with Crippen LogP contribution < -0.4 is 15.4 Å². The highest BCUT2D eigenvalue weighted by Crippen LogP contribution is 2.33. The molecule has 1 amide bonds. The summed E-state index contributed by atoms with van der Waals surface area (Å²) in [5.41, 5.74) is 2.94. The second-order valence-electron chi connectivity index (χ2n) is 4.87. The van der Waals surface area contributed by atoms with Gasteiger partial charge in [0.1, 0.15) is 5.75 Å². The predicted molar refractivity (Wildman–Crippen MR) is 85.6 cm³/mol. The number of anilines is 1. The monoisotopic (exact) mass is 346 g/mol. The van der Waals surface area contributed by atoms with Crippen LogP contribution in [0.25, 0.3) is 0 Å². The molecule has 1 aliphatic rings. The number of amides is 1. The molecule has 108 valence electrons. The number of carbonyl (C=O) groups excluding carboxylic acids is 1. The van der Waals surface area contributed by atoms with Crippen molar-refractivity contribution in [1.29, 1.82) is 0 Å². The summed E-state index contributed by atoms with van der Waals surface area (Å²) >= 11 is 3.50. The van der Waals surface area contributed by atoms with Crippen LogP contribution in [0.5, 0.6) is 5.75 Å². The quantitative estimate of drug-likeness (QED) is 0.897. The number of benzene rings is 2. The molecule has 0 saturated carbocycles. The summed E-state index contributed by atoms with van der Waals surface area (Å²) in [5.74, 6) is 0.588. The van der Waals surface area contributed by atoms with E-state index in [4.69, 9.17) is 4.74 Å². The van der Waals surface area contributed by atoms with Crippen molar-refractivity contribution in [3.8, 4) is 5.75 Å². The molecular formula is C16H15BrN2O2. The maximum absolute atomic E-state index is 11.4. The Labute approximate surface area is 131 Å². The van der Waals surface area contributed by atoms with Crippen LogP contribution in [0.4, 0.5) is 5.69 Å². The number of hydrogen-bond donors (Lipinski definition) is 2. The molecule has 0 spiro atoms. The number of carbonyl (C=O) groups is 1. The number of ether oxygens (including phenoxy) is 1. The first-order valence-electron chi connectivity index (χ1n) is 6.66. The van der Waals surface area contributed by atoms with Crippen molar-refractivity contribution in [2.24, 2.45) is 0 Å². The minimum Gasteiger partial charge on any atom is -0.482 e. The molecule has 1 heterocycles. The zero-order chi connectivity index (χ0) is 14.8. The highest BCUT2D eigenvalue weighted by atomic mass is 79.9.